The van der Waals surface area contributed by atoms with Crippen molar-refractivity contribution in [1.82, 2.24) is 5.32 Å². The largest absolute Gasteiger partial charge is 0.478 e. The minimum absolute atomic E-state index is 0.0511. The lowest BCUT2D eigenvalue weighted by molar-refractivity contribution is -0.132. The molecule has 0 saturated carbocycles. The summed E-state index contributed by atoms with van der Waals surface area (Å²) in [7, 11) is 0. The van der Waals surface area contributed by atoms with Gasteiger partial charge in [0.1, 0.15) is 0 Å². The second-order valence-corrected chi connectivity index (χ2v) is 1.77. The summed E-state index contributed by atoms with van der Waals surface area (Å²) in [5.41, 5.74) is 0.0511. The van der Waals surface area contributed by atoms with Gasteiger partial charge >= 0.3 is 5.97 Å². The van der Waals surface area contributed by atoms with E-state index in [2.05, 4.69) is 5.32 Å². The van der Waals surface area contributed by atoms with Crippen LogP contribution in [0.1, 0.15) is 13.8 Å². The first-order valence-electron chi connectivity index (χ1n) is 2.65. The molecule has 1 radical (unpaired) electrons. The molecule has 0 heterocycles. The van der Waals surface area contributed by atoms with Gasteiger partial charge in [-0.15, -0.1) is 0 Å². The number of hydrogen-bond donors (Lipinski definition) is 1. The van der Waals surface area contributed by atoms with Gasteiger partial charge in [0, 0.05) is 13.1 Å². The first-order valence-corrected chi connectivity index (χ1v) is 2.65. The zero-order valence-corrected chi connectivity index (χ0v) is 5.79. The van der Waals surface area contributed by atoms with Crippen LogP contribution in [0.25, 0.3) is 0 Å². The fourth-order valence-corrected chi connectivity index (χ4v) is 0.243. The summed E-state index contributed by atoms with van der Waals surface area (Å²) in [5.74, 6) is -1.47. The monoisotopic (exact) mass is 142 g/mol. The third-order valence-electron chi connectivity index (χ3n) is 0.777. The van der Waals surface area contributed by atoms with E-state index in [0.717, 1.165) is 6.20 Å². The molecular weight excluding hydrogens is 134 g/mol. The lowest BCUT2D eigenvalue weighted by Crippen LogP contribution is -2.06. The fourth-order valence-electron chi connectivity index (χ4n) is 0.243. The molecule has 0 aliphatic carbocycles. The Kier molecular flexibility index (Phi) is 3.17. The van der Waals surface area contributed by atoms with Gasteiger partial charge in [-0.1, -0.05) is 0 Å². The smallest absolute Gasteiger partial charge is 0.332 e. The van der Waals surface area contributed by atoms with E-state index in [1.165, 1.54) is 13.8 Å². The van der Waals surface area contributed by atoms with Gasteiger partial charge in [-0.05, 0) is 6.92 Å². The minimum Gasteiger partial charge on any atom is -0.478 e. The van der Waals surface area contributed by atoms with Gasteiger partial charge in [-0.2, -0.15) is 0 Å². The Hall–Kier alpha value is -1.32. The Bertz CT molecular complexity index is 183. The molecule has 0 saturated heterocycles. The molecular formula is C6H8NO3. The Labute approximate surface area is 58.5 Å². The van der Waals surface area contributed by atoms with E-state index in [1.807, 2.05) is 0 Å². The van der Waals surface area contributed by atoms with Crippen molar-refractivity contribution in [1.29, 1.82) is 0 Å². The van der Waals surface area contributed by atoms with Gasteiger partial charge < -0.3 is 5.11 Å². The van der Waals surface area contributed by atoms with E-state index in [0.29, 0.717) is 0 Å². The molecule has 55 valence electrons. The summed E-state index contributed by atoms with van der Waals surface area (Å²) in [6.45, 7) is 2.63. The Morgan fingerprint density at radius 2 is 1.90 bits per heavy atom. The highest BCUT2D eigenvalue weighted by Gasteiger charge is 1.99. The molecule has 0 spiro atoms. The molecule has 4 heteroatoms. The van der Waals surface area contributed by atoms with Crippen molar-refractivity contribution in [2.75, 3.05) is 0 Å². The standard InChI is InChI=1S/C6H8NO3/c1-4(6(9)10)3-7-5(2)8/h3H,1-2H3,(H,9,10). The minimum atomic E-state index is -1.06. The zero-order chi connectivity index (χ0) is 8.15. The van der Waals surface area contributed by atoms with Crippen LogP contribution in [0.15, 0.2) is 11.8 Å². The second-order valence-electron chi connectivity index (χ2n) is 1.77. The molecule has 4 nitrogen and oxygen atoms in total. The summed E-state index contributed by atoms with van der Waals surface area (Å²) in [6.07, 6.45) is 1.03. The van der Waals surface area contributed by atoms with E-state index in [1.54, 1.807) is 0 Å². The highest BCUT2D eigenvalue weighted by Crippen LogP contribution is 1.88. The van der Waals surface area contributed by atoms with Crippen molar-refractivity contribution < 1.29 is 14.7 Å². The fraction of sp³-hybridized carbons (Fsp3) is 0.333. The third-order valence-corrected chi connectivity index (χ3v) is 0.777. The number of carbonyl (C=O) groups is 2. The second kappa shape index (κ2) is 3.66. The molecule has 10 heavy (non-hydrogen) atoms. The predicted molar refractivity (Wildman–Crippen MR) is 34.2 cm³/mol. The van der Waals surface area contributed by atoms with Crippen molar-refractivity contribution in [3.63, 3.8) is 0 Å². The molecule has 0 aromatic heterocycles. The SMILES string of the molecule is CC(=O)[N]C=C(C)C(=O)O. The predicted octanol–water partition coefficient (Wildman–Crippen LogP) is 0.126. The van der Waals surface area contributed by atoms with Crippen LogP contribution < -0.4 is 5.32 Å². The van der Waals surface area contributed by atoms with Crippen molar-refractivity contribution >= 4 is 11.9 Å². The molecule has 0 aromatic carbocycles. The number of aliphatic carboxylic acids is 1. The number of carbonyl (C=O) groups excluding carboxylic acids is 1. The maximum atomic E-state index is 10.2. The van der Waals surface area contributed by atoms with Crippen molar-refractivity contribution in [2.45, 2.75) is 13.8 Å². The molecule has 0 aliphatic rings. The lowest BCUT2D eigenvalue weighted by atomic mass is 10.3. The average Bonchev–Trinajstić information content (AvgIpc) is 1.82. The van der Waals surface area contributed by atoms with E-state index in [-0.39, 0.29) is 5.57 Å². The highest BCUT2D eigenvalue weighted by atomic mass is 16.4. The molecule has 1 amide bonds. The van der Waals surface area contributed by atoms with Gasteiger partial charge in [-0.25, -0.2) is 10.1 Å². The number of amides is 1. The van der Waals surface area contributed by atoms with Crippen LogP contribution in [0.2, 0.25) is 0 Å². The van der Waals surface area contributed by atoms with Crippen LogP contribution in [0.4, 0.5) is 0 Å². The summed E-state index contributed by atoms with van der Waals surface area (Å²) < 4.78 is 0. The van der Waals surface area contributed by atoms with Crippen LogP contribution in [0.5, 0.6) is 0 Å². The summed E-state index contributed by atoms with van der Waals surface area (Å²) in [4.78, 5) is 20.2. The number of carboxylic acids is 1. The van der Waals surface area contributed by atoms with Gasteiger partial charge in [0.15, 0.2) is 0 Å². The van der Waals surface area contributed by atoms with Crippen LogP contribution >= 0.6 is 0 Å². The van der Waals surface area contributed by atoms with Crippen molar-refractivity contribution in [3.8, 4) is 0 Å². The maximum absolute atomic E-state index is 10.2. The maximum Gasteiger partial charge on any atom is 0.332 e. The Morgan fingerprint density at radius 1 is 1.40 bits per heavy atom. The van der Waals surface area contributed by atoms with E-state index in [9.17, 15) is 9.59 Å². The number of rotatable bonds is 2. The quantitative estimate of drug-likeness (QED) is 0.557. The molecule has 0 aromatic rings. The normalized spacial score (nSPS) is 10.8. The van der Waals surface area contributed by atoms with Crippen LogP contribution in [-0.2, 0) is 9.59 Å². The van der Waals surface area contributed by atoms with Gasteiger partial charge in [0.25, 0.3) is 0 Å². The van der Waals surface area contributed by atoms with Gasteiger partial charge in [-0.3, -0.25) is 4.79 Å². The van der Waals surface area contributed by atoms with Crippen LogP contribution in [0, 0.1) is 0 Å². The number of nitrogens with zero attached hydrogens (tertiary/aromatic N) is 1. The number of hydrogen-bond acceptors (Lipinski definition) is 2. The van der Waals surface area contributed by atoms with Gasteiger partial charge in [0.2, 0.25) is 5.91 Å². The summed E-state index contributed by atoms with van der Waals surface area (Å²) >= 11 is 0. The highest BCUT2D eigenvalue weighted by molar-refractivity contribution is 5.86. The zero-order valence-electron chi connectivity index (χ0n) is 5.79. The lowest BCUT2D eigenvalue weighted by Gasteiger charge is -1.90. The molecule has 1 N–H and O–H groups in total. The molecule has 0 fully saturated rings. The van der Waals surface area contributed by atoms with Crippen molar-refractivity contribution in [3.05, 3.63) is 11.8 Å². The molecule has 0 unspecified atom stereocenters. The summed E-state index contributed by atoms with van der Waals surface area (Å²) in [6, 6.07) is 0. The molecule has 0 bridgehead atoms. The third kappa shape index (κ3) is 3.65. The molecule has 0 atom stereocenters. The van der Waals surface area contributed by atoms with E-state index >= 15 is 0 Å². The Morgan fingerprint density at radius 3 is 2.20 bits per heavy atom. The average molecular weight is 142 g/mol. The topological polar surface area (TPSA) is 68.5 Å². The number of carboxylic acid groups (broad SMARTS) is 1. The first kappa shape index (κ1) is 8.68. The summed E-state index contributed by atoms with van der Waals surface area (Å²) in [5, 5.41) is 11.5. The first-order chi connectivity index (χ1) is 4.54. The van der Waals surface area contributed by atoms with Gasteiger partial charge in [0.05, 0.1) is 5.57 Å². The van der Waals surface area contributed by atoms with Crippen LogP contribution in [0.3, 0.4) is 0 Å². The Balaban J connectivity index is 3.92. The molecule has 0 aliphatic heterocycles. The van der Waals surface area contributed by atoms with Crippen molar-refractivity contribution in [2.24, 2.45) is 0 Å². The van der Waals surface area contributed by atoms with Crippen LogP contribution in [-0.4, -0.2) is 17.0 Å². The van der Waals surface area contributed by atoms with E-state index < -0.39 is 11.9 Å². The van der Waals surface area contributed by atoms with E-state index in [4.69, 9.17) is 5.11 Å². The molecule has 0 rings (SSSR count).